The summed E-state index contributed by atoms with van der Waals surface area (Å²) in [6, 6.07) is 0.391. The molecule has 1 fully saturated rings. The molecular formula is C13H19ClN4O2. The molecule has 0 radical (unpaired) electrons. The average Bonchev–Trinajstić information content (AvgIpc) is 2.92. The van der Waals surface area contributed by atoms with Crippen molar-refractivity contribution in [1.29, 1.82) is 0 Å². The van der Waals surface area contributed by atoms with Gasteiger partial charge in [0, 0.05) is 12.6 Å². The van der Waals surface area contributed by atoms with E-state index in [9.17, 15) is 4.79 Å². The van der Waals surface area contributed by atoms with Crippen molar-refractivity contribution in [2.45, 2.75) is 25.8 Å². The van der Waals surface area contributed by atoms with Gasteiger partial charge in [0.2, 0.25) is 5.88 Å². The van der Waals surface area contributed by atoms with E-state index in [4.69, 9.17) is 16.3 Å². The van der Waals surface area contributed by atoms with Crippen molar-refractivity contribution in [2.75, 3.05) is 26.7 Å². The third-order valence-corrected chi connectivity index (χ3v) is 3.70. The second-order valence-corrected chi connectivity index (χ2v) is 5.07. The number of ether oxygens (including phenoxy) is 1. The van der Waals surface area contributed by atoms with Gasteiger partial charge in [0.05, 0.1) is 13.3 Å². The van der Waals surface area contributed by atoms with E-state index in [2.05, 4.69) is 27.1 Å². The van der Waals surface area contributed by atoms with Crippen LogP contribution in [0.15, 0.2) is 6.20 Å². The van der Waals surface area contributed by atoms with Crippen molar-refractivity contribution >= 4 is 17.5 Å². The number of hydrogen-bond donors (Lipinski definition) is 1. The van der Waals surface area contributed by atoms with E-state index >= 15 is 0 Å². The lowest BCUT2D eigenvalue weighted by Gasteiger charge is -2.22. The summed E-state index contributed by atoms with van der Waals surface area (Å²) in [5.41, 5.74) is 0.126. The molecule has 20 heavy (non-hydrogen) atoms. The zero-order valence-corrected chi connectivity index (χ0v) is 12.5. The van der Waals surface area contributed by atoms with Gasteiger partial charge in [-0.1, -0.05) is 18.5 Å². The molecule has 1 N–H and O–H groups in total. The summed E-state index contributed by atoms with van der Waals surface area (Å²) in [5.74, 6) is -0.120. The lowest BCUT2D eigenvalue weighted by Crippen LogP contribution is -2.40. The third kappa shape index (κ3) is 3.37. The van der Waals surface area contributed by atoms with Crippen LogP contribution in [0.25, 0.3) is 0 Å². The van der Waals surface area contributed by atoms with Gasteiger partial charge in [0.1, 0.15) is 5.15 Å². The Kier molecular flexibility index (Phi) is 5.14. The maximum atomic E-state index is 12.2. The quantitative estimate of drug-likeness (QED) is 0.889. The number of halogens is 1. The highest BCUT2D eigenvalue weighted by Gasteiger charge is 2.24. The summed E-state index contributed by atoms with van der Waals surface area (Å²) in [4.78, 5) is 22.4. The van der Waals surface area contributed by atoms with Gasteiger partial charge in [0.15, 0.2) is 5.69 Å². The van der Waals surface area contributed by atoms with Crippen LogP contribution in [0.2, 0.25) is 5.15 Å². The minimum Gasteiger partial charge on any atom is -0.479 e. The molecule has 1 unspecified atom stereocenters. The molecule has 110 valence electrons. The average molecular weight is 299 g/mol. The summed E-state index contributed by atoms with van der Waals surface area (Å²) >= 11 is 5.77. The Morgan fingerprint density at radius 2 is 2.45 bits per heavy atom. The van der Waals surface area contributed by atoms with Crippen molar-refractivity contribution in [1.82, 2.24) is 20.2 Å². The lowest BCUT2D eigenvalue weighted by atomic mass is 10.2. The predicted octanol–water partition coefficient (Wildman–Crippen LogP) is 1.35. The first kappa shape index (κ1) is 15.0. The van der Waals surface area contributed by atoms with Crippen LogP contribution >= 0.6 is 11.6 Å². The summed E-state index contributed by atoms with van der Waals surface area (Å²) in [6.07, 6.45) is 3.63. The van der Waals surface area contributed by atoms with Gasteiger partial charge >= 0.3 is 0 Å². The van der Waals surface area contributed by atoms with E-state index in [-0.39, 0.29) is 22.6 Å². The molecule has 0 aromatic carbocycles. The van der Waals surface area contributed by atoms with Gasteiger partial charge in [-0.05, 0) is 25.9 Å². The number of carbonyl (C=O) groups excluding carboxylic acids is 1. The smallest absolute Gasteiger partial charge is 0.275 e. The highest BCUT2D eigenvalue weighted by Crippen LogP contribution is 2.17. The molecular weight excluding hydrogens is 280 g/mol. The Hall–Kier alpha value is -1.40. The van der Waals surface area contributed by atoms with E-state index < -0.39 is 0 Å². The maximum absolute atomic E-state index is 12.2. The zero-order chi connectivity index (χ0) is 14.5. The minimum atomic E-state index is -0.306. The van der Waals surface area contributed by atoms with Crippen molar-refractivity contribution in [3.05, 3.63) is 17.0 Å². The van der Waals surface area contributed by atoms with E-state index in [0.29, 0.717) is 12.6 Å². The number of methoxy groups -OCH3 is 1. The van der Waals surface area contributed by atoms with E-state index in [1.807, 2.05) is 0 Å². The minimum absolute atomic E-state index is 0.126. The van der Waals surface area contributed by atoms with Crippen molar-refractivity contribution in [2.24, 2.45) is 0 Å². The van der Waals surface area contributed by atoms with Crippen LogP contribution in [0.5, 0.6) is 5.88 Å². The molecule has 0 spiro atoms. The fourth-order valence-corrected chi connectivity index (χ4v) is 2.62. The highest BCUT2D eigenvalue weighted by molar-refractivity contribution is 6.29. The number of nitrogens with one attached hydrogen (secondary N) is 1. The van der Waals surface area contributed by atoms with E-state index in [1.54, 1.807) is 0 Å². The second-order valence-electron chi connectivity index (χ2n) is 4.69. The largest absolute Gasteiger partial charge is 0.479 e. The zero-order valence-electron chi connectivity index (χ0n) is 11.7. The Balaban J connectivity index is 2.00. The Labute approximate surface area is 123 Å². The molecule has 1 aromatic rings. The molecule has 1 saturated heterocycles. The standard InChI is InChI=1S/C13H19ClN4O2/c1-3-18-6-4-5-9(18)7-15-12(19)11-13(20-2)16-8-10(14)17-11/h8-9H,3-7H2,1-2H3,(H,15,19). The molecule has 2 heterocycles. The van der Waals surface area contributed by atoms with Gasteiger partial charge in [-0.25, -0.2) is 9.97 Å². The monoisotopic (exact) mass is 298 g/mol. The lowest BCUT2D eigenvalue weighted by molar-refractivity contribution is 0.0932. The van der Waals surface area contributed by atoms with Crippen LogP contribution in [-0.4, -0.2) is 53.6 Å². The molecule has 1 amide bonds. The van der Waals surface area contributed by atoms with Crippen LogP contribution in [0.4, 0.5) is 0 Å². The number of nitrogens with zero attached hydrogens (tertiary/aromatic N) is 3. The molecule has 0 bridgehead atoms. The number of likely N-dealkylation sites (N-methyl/N-ethyl adjacent to an activating group) is 1. The van der Waals surface area contributed by atoms with Crippen LogP contribution in [-0.2, 0) is 0 Å². The van der Waals surface area contributed by atoms with Crippen LogP contribution < -0.4 is 10.1 Å². The fourth-order valence-electron chi connectivity index (χ4n) is 2.49. The summed E-state index contributed by atoms with van der Waals surface area (Å²) in [6.45, 7) is 4.83. The number of carbonyl (C=O) groups is 1. The summed E-state index contributed by atoms with van der Waals surface area (Å²) in [7, 11) is 1.45. The van der Waals surface area contributed by atoms with Gasteiger partial charge in [-0.2, -0.15) is 0 Å². The Morgan fingerprint density at radius 1 is 1.65 bits per heavy atom. The topological polar surface area (TPSA) is 67.4 Å². The maximum Gasteiger partial charge on any atom is 0.275 e. The SMILES string of the molecule is CCN1CCCC1CNC(=O)c1nc(Cl)cnc1OC. The fraction of sp³-hybridized carbons (Fsp3) is 0.615. The van der Waals surface area contributed by atoms with Crippen LogP contribution in [0.1, 0.15) is 30.3 Å². The molecule has 1 aliphatic rings. The third-order valence-electron chi connectivity index (χ3n) is 3.52. The van der Waals surface area contributed by atoms with Gasteiger partial charge < -0.3 is 10.1 Å². The molecule has 2 rings (SSSR count). The number of hydrogen-bond acceptors (Lipinski definition) is 5. The molecule has 6 nitrogen and oxygen atoms in total. The van der Waals surface area contributed by atoms with Gasteiger partial charge in [-0.3, -0.25) is 9.69 Å². The predicted molar refractivity (Wildman–Crippen MR) is 76.2 cm³/mol. The van der Waals surface area contributed by atoms with E-state index in [1.165, 1.54) is 19.7 Å². The molecule has 0 saturated carbocycles. The van der Waals surface area contributed by atoms with Crippen molar-refractivity contribution in [3.63, 3.8) is 0 Å². The van der Waals surface area contributed by atoms with Crippen molar-refractivity contribution < 1.29 is 9.53 Å². The molecule has 1 aliphatic heterocycles. The van der Waals surface area contributed by atoms with Crippen LogP contribution in [0, 0.1) is 0 Å². The first-order chi connectivity index (χ1) is 9.65. The molecule has 7 heteroatoms. The summed E-state index contributed by atoms with van der Waals surface area (Å²) < 4.78 is 5.03. The Bertz CT molecular complexity index is 483. The van der Waals surface area contributed by atoms with Crippen LogP contribution in [0.3, 0.4) is 0 Å². The number of rotatable bonds is 5. The van der Waals surface area contributed by atoms with Crippen molar-refractivity contribution in [3.8, 4) is 5.88 Å². The van der Waals surface area contributed by atoms with Gasteiger partial charge in [-0.15, -0.1) is 0 Å². The number of amides is 1. The van der Waals surface area contributed by atoms with Gasteiger partial charge in [0.25, 0.3) is 5.91 Å². The Morgan fingerprint density at radius 3 is 3.15 bits per heavy atom. The normalized spacial score (nSPS) is 19.1. The highest BCUT2D eigenvalue weighted by atomic mass is 35.5. The molecule has 1 aromatic heterocycles. The number of aromatic nitrogens is 2. The summed E-state index contributed by atoms with van der Waals surface area (Å²) in [5, 5.41) is 3.06. The molecule has 0 aliphatic carbocycles. The van der Waals surface area contributed by atoms with E-state index in [0.717, 1.165) is 19.5 Å². The first-order valence-electron chi connectivity index (χ1n) is 6.74. The molecule has 1 atom stereocenters. The second kappa shape index (κ2) is 6.85. The first-order valence-corrected chi connectivity index (χ1v) is 7.12. The number of likely N-dealkylation sites (tertiary alicyclic amines) is 1.